The number of fused-ring (bicyclic) bond motifs is 1. The predicted octanol–water partition coefficient (Wildman–Crippen LogP) is 3.40. The molecule has 5 rings (SSSR count). The third-order valence-corrected chi connectivity index (χ3v) is 7.21. The van der Waals surface area contributed by atoms with Crippen molar-refractivity contribution in [3.63, 3.8) is 0 Å². The van der Waals surface area contributed by atoms with Gasteiger partial charge in [-0.2, -0.15) is 5.26 Å². The van der Waals surface area contributed by atoms with E-state index in [4.69, 9.17) is 10.5 Å². The van der Waals surface area contributed by atoms with E-state index < -0.39 is 11.4 Å². The van der Waals surface area contributed by atoms with Gasteiger partial charge in [-0.25, -0.2) is 14.8 Å². The van der Waals surface area contributed by atoms with E-state index in [1.54, 1.807) is 30.3 Å². The topological polar surface area (TPSA) is 144 Å². The number of anilines is 1. The molecule has 1 aliphatic rings. The van der Waals surface area contributed by atoms with Gasteiger partial charge in [0.25, 0.3) is 5.91 Å². The first-order valence-electron chi connectivity index (χ1n) is 13.5. The Morgan fingerprint density at radius 2 is 1.78 bits per heavy atom. The van der Waals surface area contributed by atoms with Crippen molar-refractivity contribution in [3.05, 3.63) is 83.1 Å². The van der Waals surface area contributed by atoms with E-state index in [9.17, 15) is 14.9 Å². The second-order valence-corrected chi connectivity index (χ2v) is 10.4. The molecule has 3 heterocycles. The number of aromatic nitrogens is 4. The van der Waals surface area contributed by atoms with Crippen LogP contribution in [0, 0.1) is 11.3 Å². The minimum absolute atomic E-state index is 0.0426. The largest absolute Gasteiger partial charge is 0.457 e. The number of rotatable bonds is 9. The molecule has 2 aromatic carbocycles. The number of para-hydroxylation sites is 1. The van der Waals surface area contributed by atoms with Crippen LogP contribution in [0.3, 0.4) is 0 Å². The molecule has 0 radical (unpaired) electrons. The molecule has 3 N–H and O–H groups in total. The molecule has 1 saturated heterocycles. The summed E-state index contributed by atoms with van der Waals surface area (Å²) in [4.78, 5) is 37.1. The zero-order valence-electron chi connectivity index (χ0n) is 23.1. The number of hydrogen-bond donors (Lipinski definition) is 2. The molecule has 11 nitrogen and oxygen atoms in total. The van der Waals surface area contributed by atoms with Crippen LogP contribution in [0.4, 0.5) is 5.82 Å². The second kappa shape index (κ2) is 11.7. The van der Waals surface area contributed by atoms with Gasteiger partial charge in [-0.15, -0.1) is 0 Å². The Bertz CT molecular complexity index is 1680. The molecule has 1 aliphatic heterocycles. The normalized spacial score (nSPS) is 14.2. The van der Waals surface area contributed by atoms with Crippen molar-refractivity contribution in [2.75, 3.05) is 25.4 Å². The standard InChI is InChI=1S/C30H32N8O3/c1-30(2,36-15-6-7-16-36)18-21(19-31)28(39)33-14-17-37-27-25(26(32)34-20-35-27)38(29(37)40)22-10-12-24(13-11-22)41-23-8-4-3-5-9-23/h3-5,8-13,18,20H,6-7,14-17H2,1-2H3,(H,33,39)(H2,32,34,35). The molecule has 0 saturated carbocycles. The SMILES string of the molecule is CC(C)(C=C(C#N)C(=O)NCCn1c(=O)n(-c2ccc(Oc3ccccc3)cc2)c2c(N)ncnc21)N1CCCC1. The Morgan fingerprint density at radius 3 is 2.46 bits per heavy atom. The quantitative estimate of drug-likeness (QED) is 0.238. The number of likely N-dealkylation sites (tertiary alicyclic amines) is 1. The minimum atomic E-state index is -0.486. The molecule has 11 heteroatoms. The van der Waals surface area contributed by atoms with Crippen molar-refractivity contribution in [1.82, 2.24) is 29.3 Å². The number of ether oxygens (including phenoxy) is 1. The number of amides is 1. The molecular weight excluding hydrogens is 520 g/mol. The summed E-state index contributed by atoms with van der Waals surface area (Å²) < 4.78 is 8.75. The molecule has 0 atom stereocenters. The molecule has 0 spiro atoms. The fraction of sp³-hybridized carbons (Fsp3) is 0.300. The van der Waals surface area contributed by atoms with E-state index in [0.29, 0.717) is 28.4 Å². The highest BCUT2D eigenvalue weighted by Crippen LogP contribution is 2.25. The van der Waals surface area contributed by atoms with Gasteiger partial charge in [0.05, 0.1) is 5.69 Å². The molecule has 0 bridgehead atoms. The highest BCUT2D eigenvalue weighted by atomic mass is 16.5. The van der Waals surface area contributed by atoms with Gasteiger partial charge < -0.3 is 15.8 Å². The van der Waals surface area contributed by atoms with Crippen molar-refractivity contribution in [2.24, 2.45) is 0 Å². The van der Waals surface area contributed by atoms with Crippen LogP contribution in [0.5, 0.6) is 11.5 Å². The average Bonchev–Trinajstić information content (AvgIpc) is 3.61. The predicted molar refractivity (Wildman–Crippen MR) is 156 cm³/mol. The molecule has 210 valence electrons. The van der Waals surface area contributed by atoms with Gasteiger partial charge in [-0.05, 0) is 82.3 Å². The van der Waals surface area contributed by atoms with Crippen molar-refractivity contribution >= 4 is 22.9 Å². The number of benzene rings is 2. The summed E-state index contributed by atoms with van der Waals surface area (Å²) in [5.74, 6) is 0.971. The summed E-state index contributed by atoms with van der Waals surface area (Å²) in [6.07, 6.45) is 5.22. The summed E-state index contributed by atoms with van der Waals surface area (Å²) in [5, 5.41) is 12.4. The molecule has 41 heavy (non-hydrogen) atoms. The van der Waals surface area contributed by atoms with Crippen LogP contribution < -0.4 is 21.5 Å². The fourth-order valence-corrected chi connectivity index (χ4v) is 5.09. The number of nitrogens with one attached hydrogen (secondary N) is 1. The molecule has 0 unspecified atom stereocenters. The number of nitrogen functional groups attached to an aromatic ring is 1. The fourth-order valence-electron chi connectivity index (χ4n) is 5.09. The van der Waals surface area contributed by atoms with Gasteiger partial charge in [0.15, 0.2) is 11.5 Å². The molecule has 1 amide bonds. The number of nitriles is 1. The number of imidazole rings is 1. The van der Waals surface area contributed by atoms with Crippen LogP contribution in [-0.2, 0) is 11.3 Å². The first kappa shape index (κ1) is 27.6. The van der Waals surface area contributed by atoms with Crippen molar-refractivity contribution < 1.29 is 9.53 Å². The van der Waals surface area contributed by atoms with Crippen molar-refractivity contribution in [1.29, 1.82) is 5.26 Å². The average molecular weight is 553 g/mol. The Labute approximate surface area is 237 Å². The minimum Gasteiger partial charge on any atom is -0.457 e. The van der Waals surface area contributed by atoms with E-state index >= 15 is 0 Å². The number of carbonyl (C=O) groups excluding carboxylic acids is 1. The zero-order chi connectivity index (χ0) is 29.0. The highest BCUT2D eigenvalue weighted by molar-refractivity contribution is 5.97. The van der Waals surface area contributed by atoms with Gasteiger partial charge in [-0.3, -0.25) is 18.8 Å². The van der Waals surface area contributed by atoms with Crippen LogP contribution in [0.2, 0.25) is 0 Å². The van der Waals surface area contributed by atoms with Crippen LogP contribution in [-0.4, -0.2) is 55.1 Å². The number of nitrogens with zero attached hydrogens (tertiary/aromatic N) is 6. The van der Waals surface area contributed by atoms with Crippen molar-refractivity contribution in [3.8, 4) is 23.3 Å². The van der Waals surface area contributed by atoms with Gasteiger partial charge >= 0.3 is 5.69 Å². The van der Waals surface area contributed by atoms with Crippen LogP contribution in [0.15, 0.2) is 77.4 Å². The maximum atomic E-state index is 13.6. The molecule has 2 aromatic heterocycles. The summed E-state index contributed by atoms with van der Waals surface area (Å²) >= 11 is 0. The highest BCUT2D eigenvalue weighted by Gasteiger charge is 2.28. The van der Waals surface area contributed by atoms with E-state index in [0.717, 1.165) is 25.9 Å². The maximum absolute atomic E-state index is 13.6. The number of hydrogen-bond acceptors (Lipinski definition) is 8. The summed E-state index contributed by atoms with van der Waals surface area (Å²) in [6.45, 7) is 6.10. The lowest BCUT2D eigenvalue weighted by atomic mass is 9.99. The second-order valence-electron chi connectivity index (χ2n) is 10.4. The van der Waals surface area contributed by atoms with Crippen LogP contribution in [0.1, 0.15) is 26.7 Å². The lowest BCUT2D eigenvalue weighted by Crippen LogP contribution is -2.41. The van der Waals surface area contributed by atoms with E-state index in [2.05, 4.69) is 20.2 Å². The lowest BCUT2D eigenvalue weighted by molar-refractivity contribution is -0.117. The first-order chi connectivity index (χ1) is 19.8. The number of nitrogens with two attached hydrogens (primary N) is 1. The smallest absolute Gasteiger partial charge is 0.335 e. The van der Waals surface area contributed by atoms with Gasteiger partial charge in [-0.1, -0.05) is 18.2 Å². The van der Waals surface area contributed by atoms with Gasteiger partial charge in [0.1, 0.15) is 35.0 Å². The zero-order valence-corrected chi connectivity index (χ0v) is 23.1. The van der Waals surface area contributed by atoms with Crippen molar-refractivity contribution in [2.45, 2.75) is 38.8 Å². The lowest BCUT2D eigenvalue weighted by Gasteiger charge is -2.32. The van der Waals surface area contributed by atoms with Crippen LogP contribution >= 0.6 is 0 Å². The Balaban J connectivity index is 1.36. The van der Waals surface area contributed by atoms with E-state index in [1.807, 2.05) is 50.2 Å². The molecule has 4 aromatic rings. The molecule has 0 aliphatic carbocycles. The summed E-state index contributed by atoms with van der Waals surface area (Å²) in [6, 6.07) is 18.4. The Hall–Kier alpha value is -4.95. The van der Waals surface area contributed by atoms with Gasteiger partial charge in [0, 0.05) is 18.6 Å². The molecular formula is C30H32N8O3. The maximum Gasteiger partial charge on any atom is 0.335 e. The van der Waals surface area contributed by atoms with Crippen LogP contribution in [0.25, 0.3) is 16.9 Å². The number of carbonyl (C=O) groups is 1. The monoisotopic (exact) mass is 552 g/mol. The summed E-state index contributed by atoms with van der Waals surface area (Å²) in [5.41, 5.74) is 6.69. The summed E-state index contributed by atoms with van der Waals surface area (Å²) in [7, 11) is 0. The third kappa shape index (κ3) is 5.83. The Morgan fingerprint density at radius 1 is 1.10 bits per heavy atom. The first-order valence-corrected chi connectivity index (χ1v) is 13.5. The van der Waals surface area contributed by atoms with E-state index in [1.165, 1.54) is 15.5 Å². The van der Waals surface area contributed by atoms with Gasteiger partial charge in [0.2, 0.25) is 0 Å². The Kier molecular flexibility index (Phi) is 7.85. The third-order valence-electron chi connectivity index (χ3n) is 7.21. The van der Waals surface area contributed by atoms with E-state index in [-0.39, 0.29) is 30.2 Å². The molecule has 1 fully saturated rings.